The van der Waals surface area contributed by atoms with Gasteiger partial charge in [0.1, 0.15) is 16.5 Å². The summed E-state index contributed by atoms with van der Waals surface area (Å²) in [6.45, 7) is 4.57. The lowest BCUT2D eigenvalue weighted by molar-refractivity contribution is 0.0828. The van der Waals surface area contributed by atoms with Crippen molar-refractivity contribution in [3.8, 4) is 11.5 Å². The Balaban J connectivity index is 1.35. The molecule has 42 heavy (non-hydrogen) atoms. The number of carbonyl (C=O) groups is 1. The van der Waals surface area contributed by atoms with Crippen LogP contribution in [0.3, 0.4) is 0 Å². The maximum Gasteiger partial charge on any atom is 0.255 e. The highest BCUT2D eigenvalue weighted by Gasteiger charge is 2.20. The molecule has 3 N–H and O–H groups in total. The van der Waals surface area contributed by atoms with Crippen LogP contribution >= 0.6 is 23.2 Å². The van der Waals surface area contributed by atoms with Crippen molar-refractivity contribution < 1.29 is 14.3 Å². The molecule has 1 aliphatic heterocycles. The lowest BCUT2D eigenvalue weighted by atomic mass is 10.0. The van der Waals surface area contributed by atoms with E-state index in [1.807, 2.05) is 6.07 Å². The Morgan fingerprint density at radius 3 is 2.57 bits per heavy atom. The Bertz CT molecular complexity index is 1380. The van der Waals surface area contributed by atoms with Crippen molar-refractivity contribution in [2.24, 2.45) is 0 Å². The quantitative estimate of drug-likeness (QED) is 0.158. The number of piperazine rings is 1. The summed E-state index contributed by atoms with van der Waals surface area (Å²) in [6.07, 6.45) is 5.20. The number of benzene rings is 2. The third-order valence-electron chi connectivity index (χ3n) is 7.23. The summed E-state index contributed by atoms with van der Waals surface area (Å²) in [5.74, 6) is 1.46. The van der Waals surface area contributed by atoms with Crippen molar-refractivity contribution in [2.75, 3.05) is 77.0 Å². The molecule has 4 rings (SSSR count). The molecule has 0 spiro atoms. The number of carbonyl (C=O) groups excluding carboxylic acids is 1. The third-order valence-corrected chi connectivity index (χ3v) is 7.69. The molecule has 0 radical (unpaired) electrons. The van der Waals surface area contributed by atoms with Crippen LogP contribution in [0.4, 0.5) is 22.9 Å². The third kappa shape index (κ3) is 8.08. The number of rotatable bonds is 12. The zero-order valence-corrected chi connectivity index (χ0v) is 26.1. The van der Waals surface area contributed by atoms with E-state index < -0.39 is 0 Å². The fraction of sp³-hybridized carbons (Fsp3) is 0.433. The van der Waals surface area contributed by atoms with E-state index in [4.69, 9.17) is 38.4 Å². The largest absolute Gasteiger partial charge is 0.495 e. The second-order valence-corrected chi connectivity index (χ2v) is 11.3. The number of unbranched alkanes of at least 4 members (excludes halogenated alkanes) is 2. The molecule has 0 bridgehead atoms. The number of nitrogens with zero attached hydrogens (tertiary/aromatic N) is 5. The monoisotopic (exact) mass is 615 g/mol. The van der Waals surface area contributed by atoms with E-state index in [9.17, 15) is 4.79 Å². The number of halogens is 2. The van der Waals surface area contributed by atoms with Crippen LogP contribution in [0.5, 0.6) is 11.5 Å². The van der Waals surface area contributed by atoms with Gasteiger partial charge in [-0.05, 0) is 74.2 Å². The standard InChI is InChI=1S/C30H39Cl2N7O3/c1-37(2)29(40)22-17-21(9-10-25(22)35-28-23(31)19-34-30(32)36-28)42-15-7-5-6-8-20-16-24(33)27(41-4)18-26(20)39-13-11-38(3)12-14-39/h9-10,16-19H,5-8,11-15,33H2,1-4H3,(H,34,35,36). The molecule has 2 heterocycles. The first kappa shape index (κ1) is 31.5. The minimum Gasteiger partial charge on any atom is -0.495 e. The average Bonchev–Trinajstić information content (AvgIpc) is 2.97. The molecule has 12 heteroatoms. The number of anilines is 4. The normalized spacial score (nSPS) is 13.6. The van der Waals surface area contributed by atoms with Crippen LogP contribution in [0, 0.1) is 0 Å². The first-order chi connectivity index (χ1) is 20.2. The van der Waals surface area contributed by atoms with Gasteiger partial charge < -0.3 is 35.2 Å². The molecule has 0 unspecified atom stereocenters. The number of nitrogens with one attached hydrogen (secondary N) is 1. The minimum atomic E-state index is -0.186. The van der Waals surface area contributed by atoms with Gasteiger partial charge in [-0.1, -0.05) is 11.6 Å². The lowest BCUT2D eigenvalue weighted by Crippen LogP contribution is -2.44. The number of nitrogens with two attached hydrogens (primary N) is 1. The molecule has 0 saturated carbocycles. The highest BCUT2D eigenvalue weighted by Crippen LogP contribution is 2.34. The highest BCUT2D eigenvalue weighted by molar-refractivity contribution is 6.33. The molecule has 1 amide bonds. The Hall–Kier alpha value is -3.47. The topological polar surface area (TPSA) is 109 Å². The number of aromatic nitrogens is 2. The van der Waals surface area contributed by atoms with Crippen LogP contribution in [0.1, 0.15) is 35.2 Å². The smallest absolute Gasteiger partial charge is 0.255 e. The van der Waals surface area contributed by atoms with E-state index >= 15 is 0 Å². The van der Waals surface area contributed by atoms with Crippen LogP contribution in [0.15, 0.2) is 36.5 Å². The van der Waals surface area contributed by atoms with Crippen molar-refractivity contribution in [2.45, 2.75) is 25.7 Å². The second kappa shape index (κ2) is 14.6. The van der Waals surface area contributed by atoms with E-state index in [-0.39, 0.29) is 16.2 Å². The molecule has 1 aliphatic rings. The van der Waals surface area contributed by atoms with E-state index in [0.29, 0.717) is 35.1 Å². The predicted octanol–water partition coefficient (Wildman–Crippen LogP) is 5.36. The van der Waals surface area contributed by atoms with Crippen LogP contribution < -0.4 is 25.4 Å². The molecule has 226 valence electrons. The number of hydrogen-bond acceptors (Lipinski definition) is 9. The first-order valence-electron chi connectivity index (χ1n) is 14.0. The fourth-order valence-electron chi connectivity index (χ4n) is 4.84. The van der Waals surface area contributed by atoms with Gasteiger partial charge in [0.15, 0.2) is 5.82 Å². The molecule has 0 atom stereocenters. The SMILES string of the molecule is COc1cc(N2CCN(C)CC2)c(CCCCCOc2ccc(Nc3nc(Cl)ncc3Cl)c(C(=O)N(C)C)c2)cc1N. The molecule has 1 fully saturated rings. The summed E-state index contributed by atoms with van der Waals surface area (Å²) in [5.41, 5.74) is 10.4. The zero-order valence-electron chi connectivity index (χ0n) is 24.6. The summed E-state index contributed by atoms with van der Waals surface area (Å²) in [6, 6.07) is 9.45. The highest BCUT2D eigenvalue weighted by atomic mass is 35.5. The number of aryl methyl sites for hydroxylation is 1. The van der Waals surface area contributed by atoms with Gasteiger partial charge in [0, 0.05) is 52.0 Å². The second-order valence-electron chi connectivity index (χ2n) is 10.5. The Kier molecular flexibility index (Phi) is 11.0. The Labute approximate surface area is 257 Å². The van der Waals surface area contributed by atoms with E-state index in [1.165, 1.54) is 22.3 Å². The van der Waals surface area contributed by atoms with Crippen molar-refractivity contribution >= 4 is 52.0 Å². The van der Waals surface area contributed by atoms with Crippen molar-refractivity contribution in [3.63, 3.8) is 0 Å². The molecule has 1 saturated heterocycles. The lowest BCUT2D eigenvalue weighted by Gasteiger charge is -2.35. The number of nitrogen functional groups attached to an aromatic ring is 1. The summed E-state index contributed by atoms with van der Waals surface area (Å²) < 4.78 is 11.5. The van der Waals surface area contributed by atoms with Gasteiger partial charge in [0.05, 0.1) is 36.9 Å². The van der Waals surface area contributed by atoms with Gasteiger partial charge in [-0.25, -0.2) is 4.98 Å². The first-order valence-corrected chi connectivity index (χ1v) is 14.7. The van der Waals surface area contributed by atoms with Gasteiger partial charge in [-0.15, -0.1) is 0 Å². The number of hydrogen-bond donors (Lipinski definition) is 2. The maximum atomic E-state index is 12.9. The molecule has 1 aromatic heterocycles. The summed E-state index contributed by atoms with van der Waals surface area (Å²) in [4.78, 5) is 27.2. The summed E-state index contributed by atoms with van der Waals surface area (Å²) in [5, 5.41) is 3.43. The van der Waals surface area contributed by atoms with Crippen LogP contribution in [-0.2, 0) is 6.42 Å². The van der Waals surface area contributed by atoms with Crippen LogP contribution in [0.25, 0.3) is 0 Å². The molecular formula is C30H39Cl2N7O3. The van der Waals surface area contributed by atoms with Crippen molar-refractivity contribution in [1.82, 2.24) is 19.8 Å². The molecule has 2 aromatic carbocycles. The number of amides is 1. The van der Waals surface area contributed by atoms with Gasteiger partial charge in [-0.3, -0.25) is 4.79 Å². The van der Waals surface area contributed by atoms with Crippen LogP contribution in [0.2, 0.25) is 10.3 Å². The maximum absolute atomic E-state index is 12.9. The summed E-state index contributed by atoms with van der Waals surface area (Å²) >= 11 is 12.1. The van der Waals surface area contributed by atoms with E-state index in [1.54, 1.807) is 33.3 Å². The van der Waals surface area contributed by atoms with Gasteiger partial charge in [0.25, 0.3) is 5.91 Å². The van der Waals surface area contributed by atoms with E-state index in [2.05, 4.69) is 44.3 Å². The van der Waals surface area contributed by atoms with E-state index in [0.717, 1.165) is 57.6 Å². The number of ether oxygens (including phenoxy) is 2. The van der Waals surface area contributed by atoms with Gasteiger partial charge in [0.2, 0.25) is 5.28 Å². The van der Waals surface area contributed by atoms with Crippen molar-refractivity contribution in [1.29, 1.82) is 0 Å². The number of methoxy groups -OCH3 is 1. The Morgan fingerprint density at radius 2 is 1.86 bits per heavy atom. The average molecular weight is 617 g/mol. The molecule has 0 aliphatic carbocycles. The molecule has 10 nitrogen and oxygen atoms in total. The molecular weight excluding hydrogens is 577 g/mol. The van der Waals surface area contributed by atoms with Crippen molar-refractivity contribution in [3.05, 3.63) is 58.0 Å². The fourth-order valence-corrected chi connectivity index (χ4v) is 5.11. The predicted molar refractivity (Wildman–Crippen MR) is 170 cm³/mol. The molecule has 3 aromatic rings. The van der Waals surface area contributed by atoms with Gasteiger partial charge in [-0.2, -0.15) is 4.98 Å². The Morgan fingerprint density at radius 1 is 1.10 bits per heavy atom. The van der Waals surface area contributed by atoms with Gasteiger partial charge >= 0.3 is 0 Å². The van der Waals surface area contributed by atoms with Crippen LogP contribution in [-0.4, -0.2) is 86.7 Å². The summed E-state index contributed by atoms with van der Waals surface area (Å²) in [7, 11) is 7.20. The minimum absolute atomic E-state index is 0.0494. The zero-order chi connectivity index (χ0) is 30.2. The number of likely N-dealkylation sites (N-methyl/N-ethyl adjacent to an activating group) is 1.